The Kier molecular flexibility index (Phi) is 4.83. The molecule has 2 aromatic rings. The number of fused-ring (bicyclic) bond motifs is 1. The number of imidazole rings is 1. The first-order valence-corrected chi connectivity index (χ1v) is 9.60. The van der Waals surface area contributed by atoms with E-state index in [1.807, 2.05) is 29.7 Å². The van der Waals surface area contributed by atoms with E-state index in [1.54, 1.807) is 6.07 Å². The first-order valence-electron chi connectivity index (χ1n) is 9.60. The van der Waals surface area contributed by atoms with Gasteiger partial charge in [-0.15, -0.1) is 0 Å². The third-order valence-corrected chi connectivity index (χ3v) is 4.88. The Morgan fingerprint density at radius 3 is 2.81 bits per heavy atom. The van der Waals surface area contributed by atoms with Crippen molar-refractivity contribution in [1.29, 1.82) is 0 Å². The van der Waals surface area contributed by atoms with Crippen LogP contribution in [0.5, 0.6) is 5.75 Å². The van der Waals surface area contributed by atoms with Crippen LogP contribution >= 0.6 is 0 Å². The molecule has 1 aliphatic heterocycles. The second-order valence-electron chi connectivity index (χ2n) is 6.97. The Morgan fingerprint density at radius 2 is 2.04 bits per heavy atom. The minimum Gasteiger partial charge on any atom is -0.492 e. The third kappa shape index (κ3) is 3.67. The second kappa shape index (κ2) is 7.42. The summed E-state index contributed by atoms with van der Waals surface area (Å²) in [5.74, 6) is 0.412. The van der Waals surface area contributed by atoms with E-state index in [2.05, 4.69) is 15.6 Å². The number of carbonyl (C=O) groups is 2. The van der Waals surface area contributed by atoms with Crippen LogP contribution in [-0.2, 0) is 13.0 Å². The van der Waals surface area contributed by atoms with Crippen LogP contribution in [0.15, 0.2) is 24.3 Å². The number of nitrogens with zero attached hydrogens (tertiary/aromatic N) is 2. The first kappa shape index (κ1) is 17.6. The van der Waals surface area contributed by atoms with Crippen molar-refractivity contribution in [2.45, 2.75) is 51.6 Å². The lowest BCUT2D eigenvalue weighted by molar-refractivity contribution is 0.0945. The molecule has 1 fully saturated rings. The smallest absolute Gasteiger partial charge is 0.291 e. The van der Waals surface area contributed by atoms with Gasteiger partial charge in [-0.3, -0.25) is 9.59 Å². The quantitative estimate of drug-likeness (QED) is 0.821. The van der Waals surface area contributed by atoms with Crippen molar-refractivity contribution in [1.82, 2.24) is 14.9 Å². The molecule has 1 saturated carbocycles. The molecule has 1 aromatic heterocycles. The number of benzene rings is 1. The average molecular weight is 368 g/mol. The predicted octanol–water partition coefficient (Wildman–Crippen LogP) is 2.76. The summed E-state index contributed by atoms with van der Waals surface area (Å²) in [5, 5.41) is 5.87. The Balaban J connectivity index is 1.62. The Bertz CT molecular complexity index is 870. The molecule has 2 amide bonds. The number of carbonyl (C=O) groups excluding carboxylic acids is 2. The van der Waals surface area contributed by atoms with Gasteiger partial charge in [-0.2, -0.15) is 0 Å². The summed E-state index contributed by atoms with van der Waals surface area (Å²) >= 11 is 0. The summed E-state index contributed by atoms with van der Waals surface area (Å²) < 4.78 is 7.47. The van der Waals surface area contributed by atoms with Gasteiger partial charge in [0.25, 0.3) is 11.8 Å². The van der Waals surface area contributed by atoms with Gasteiger partial charge in [-0.05, 0) is 51.2 Å². The Morgan fingerprint density at radius 1 is 1.22 bits per heavy atom. The van der Waals surface area contributed by atoms with Crippen molar-refractivity contribution in [3.63, 3.8) is 0 Å². The zero-order chi connectivity index (χ0) is 18.8. The van der Waals surface area contributed by atoms with Crippen molar-refractivity contribution in [2.24, 2.45) is 0 Å². The van der Waals surface area contributed by atoms with Crippen LogP contribution in [0.2, 0.25) is 0 Å². The topological polar surface area (TPSA) is 85.2 Å². The number of para-hydroxylation sites is 2. The number of hydrogen-bond donors (Lipinski definition) is 2. The Hall–Kier alpha value is -2.83. The molecule has 7 heteroatoms. The lowest BCUT2D eigenvalue weighted by Gasteiger charge is -2.17. The predicted molar refractivity (Wildman–Crippen MR) is 101 cm³/mol. The lowest BCUT2D eigenvalue weighted by atomic mass is 10.1. The van der Waals surface area contributed by atoms with Gasteiger partial charge in [-0.1, -0.05) is 12.1 Å². The van der Waals surface area contributed by atoms with Gasteiger partial charge in [0, 0.05) is 12.6 Å². The van der Waals surface area contributed by atoms with E-state index >= 15 is 0 Å². The fourth-order valence-electron chi connectivity index (χ4n) is 3.41. The lowest BCUT2D eigenvalue weighted by Crippen LogP contribution is -2.27. The van der Waals surface area contributed by atoms with Crippen LogP contribution in [0.25, 0.3) is 0 Å². The normalized spacial score (nSPS) is 15.7. The van der Waals surface area contributed by atoms with E-state index in [1.165, 1.54) is 0 Å². The summed E-state index contributed by atoms with van der Waals surface area (Å²) in [4.78, 5) is 29.9. The number of anilines is 1. The second-order valence-corrected chi connectivity index (χ2v) is 6.97. The number of amides is 2. The van der Waals surface area contributed by atoms with Gasteiger partial charge >= 0.3 is 0 Å². The maximum atomic E-state index is 12.9. The van der Waals surface area contributed by atoms with Gasteiger partial charge in [-0.25, -0.2) is 4.98 Å². The molecule has 2 heterocycles. The highest BCUT2D eigenvalue weighted by Gasteiger charge is 2.31. The fraction of sp³-hybridized carbons (Fsp3) is 0.450. The molecule has 0 spiro atoms. The SMILES string of the molecule is CCOc1ccccc1NC(=O)c1nc(C(=O)NC2CC2)c2n1CCCC2. The minimum atomic E-state index is -0.323. The van der Waals surface area contributed by atoms with E-state index < -0.39 is 0 Å². The van der Waals surface area contributed by atoms with E-state index in [-0.39, 0.29) is 23.7 Å². The zero-order valence-corrected chi connectivity index (χ0v) is 15.5. The molecule has 0 saturated heterocycles. The number of aromatic nitrogens is 2. The number of ether oxygens (including phenoxy) is 1. The molecular formula is C20H24N4O3. The molecule has 7 nitrogen and oxygen atoms in total. The summed E-state index contributed by atoms with van der Waals surface area (Å²) in [5.41, 5.74) is 1.86. The van der Waals surface area contributed by atoms with Gasteiger partial charge in [0.2, 0.25) is 0 Å². The molecule has 0 unspecified atom stereocenters. The van der Waals surface area contributed by atoms with Gasteiger partial charge in [0.15, 0.2) is 5.82 Å². The molecule has 142 valence electrons. The van der Waals surface area contributed by atoms with Crippen LogP contribution in [-0.4, -0.2) is 34.0 Å². The van der Waals surface area contributed by atoms with Gasteiger partial charge in [0.1, 0.15) is 11.4 Å². The first-order chi connectivity index (χ1) is 13.2. The number of nitrogens with one attached hydrogen (secondary N) is 2. The van der Waals surface area contributed by atoms with E-state index in [0.717, 1.165) is 37.8 Å². The summed E-state index contributed by atoms with van der Waals surface area (Å²) in [6.45, 7) is 3.11. The standard InChI is InChI=1S/C20H24N4O3/c1-2-27-16-9-4-3-7-14(16)22-20(26)18-23-17(19(25)21-13-10-11-13)15-8-5-6-12-24(15)18/h3-4,7,9,13H,2,5-6,8,10-12H2,1H3,(H,21,25)(H,22,26). The van der Waals surface area contributed by atoms with Crippen LogP contribution in [0.1, 0.15) is 59.4 Å². The third-order valence-electron chi connectivity index (χ3n) is 4.88. The maximum absolute atomic E-state index is 12.9. The monoisotopic (exact) mass is 368 g/mol. The molecule has 4 rings (SSSR count). The summed E-state index contributed by atoms with van der Waals surface area (Å²) in [7, 11) is 0. The van der Waals surface area contributed by atoms with Crippen molar-refractivity contribution >= 4 is 17.5 Å². The molecule has 0 atom stereocenters. The molecule has 1 aliphatic carbocycles. The van der Waals surface area contributed by atoms with E-state index in [0.29, 0.717) is 30.3 Å². The van der Waals surface area contributed by atoms with Crippen LogP contribution in [0.3, 0.4) is 0 Å². The Labute approximate surface area is 158 Å². The fourth-order valence-corrected chi connectivity index (χ4v) is 3.41. The molecule has 27 heavy (non-hydrogen) atoms. The molecule has 0 bridgehead atoms. The highest BCUT2D eigenvalue weighted by Crippen LogP contribution is 2.27. The van der Waals surface area contributed by atoms with Crippen molar-refractivity contribution in [2.75, 3.05) is 11.9 Å². The van der Waals surface area contributed by atoms with Crippen LogP contribution in [0.4, 0.5) is 5.69 Å². The van der Waals surface area contributed by atoms with E-state index in [4.69, 9.17) is 4.74 Å². The van der Waals surface area contributed by atoms with Crippen molar-refractivity contribution in [3.05, 3.63) is 41.5 Å². The summed E-state index contributed by atoms with van der Waals surface area (Å²) in [6.07, 6.45) is 4.78. The molecule has 1 aromatic carbocycles. The van der Waals surface area contributed by atoms with Crippen molar-refractivity contribution in [3.8, 4) is 5.75 Å². The zero-order valence-electron chi connectivity index (χ0n) is 15.5. The van der Waals surface area contributed by atoms with Gasteiger partial charge < -0.3 is 19.9 Å². The van der Waals surface area contributed by atoms with Crippen LogP contribution in [0, 0.1) is 0 Å². The molecular weight excluding hydrogens is 344 g/mol. The largest absolute Gasteiger partial charge is 0.492 e. The average Bonchev–Trinajstić information content (AvgIpc) is 3.40. The van der Waals surface area contributed by atoms with Crippen LogP contribution < -0.4 is 15.4 Å². The molecule has 0 radical (unpaired) electrons. The van der Waals surface area contributed by atoms with E-state index in [9.17, 15) is 9.59 Å². The number of hydrogen-bond acceptors (Lipinski definition) is 4. The minimum absolute atomic E-state index is 0.170. The highest BCUT2D eigenvalue weighted by atomic mass is 16.5. The molecule has 2 aliphatic rings. The van der Waals surface area contributed by atoms with Crippen molar-refractivity contribution < 1.29 is 14.3 Å². The van der Waals surface area contributed by atoms with Gasteiger partial charge in [0.05, 0.1) is 18.0 Å². The molecule has 2 N–H and O–H groups in total. The highest BCUT2D eigenvalue weighted by molar-refractivity contribution is 6.04. The number of rotatable bonds is 6. The summed E-state index contributed by atoms with van der Waals surface area (Å²) in [6, 6.07) is 7.57. The maximum Gasteiger partial charge on any atom is 0.291 e.